The van der Waals surface area contributed by atoms with Gasteiger partial charge in [0.1, 0.15) is 0 Å². The molecule has 0 radical (unpaired) electrons. The third-order valence-electron chi connectivity index (χ3n) is 3.94. The molecule has 0 spiro atoms. The number of nitrogens with zero attached hydrogens (tertiary/aromatic N) is 4. The van der Waals surface area contributed by atoms with Crippen LogP contribution in [0.4, 0.5) is 0 Å². The van der Waals surface area contributed by atoms with Gasteiger partial charge in [-0.1, -0.05) is 0 Å². The van der Waals surface area contributed by atoms with E-state index in [2.05, 4.69) is 20.6 Å². The summed E-state index contributed by atoms with van der Waals surface area (Å²) < 4.78 is 1.60. The molecule has 1 fully saturated rings. The summed E-state index contributed by atoms with van der Waals surface area (Å²) in [6.45, 7) is 0.657. The first-order valence-electron chi connectivity index (χ1n) is 7.16. The molecule has 22 heavy (non-hydrogen) atoms. The first-order valence-corrected chi connectivity index (χ1v) is 7.16. The maximum absolute atomic E-state index is 12.7. The third kappa shape index (κ3) is 2.36. The Hall–Kier alpha value is -2.64. The molecule has 8 nitrogen and oxygen atoms in total. The Morgan fingerprint density at radius 3 is 2.91 bits per heavy atom. The highest BCUT2D eigenvalue weighted by Gasteiger charge is 2.34. The largest absolute Gasteiger partial charge is 0.355 e. The van der Waals surface area contributed by atoms with Crippen LogP contribution in [-0.2, 0) is 7.05 Å². The number of carbonyl (C=O) groups is 2. The molecule has 0 saturated carbocycles. The number of likely N-dealkylation sites (tertiary alicyclic amines) is 1. The zero-order valence-electron chi connectivity index (χ0n) is 12.5. The number of aryl methyl sites for hydroxylation is 1. The molecule has 0 bridgehead atoms. The van der Waals surface area contributed by atoms with E-state index in [1.54, 1.807) is 36.1 Å². The van der Waals surface area contributed by atoms with E-state index < -0.39 is 0 Å². The van der Waals surface area contributed by atoms with Crippen molar-refractivity contribution in [3.63, 3.8) is 0 Å². The van der Waals surface area contributed by atoms with Crippen molar-refractivity contribution in [3.05, 3.63) is 35.4 Å². The van der Waals surface area contributed by atoms with Gasteiger partial charge < -0.3 is 10.2 Å². The van der Waals surface area contributed by atoms with Crippen molar-refractivity contribution >= 4 is 11.8 Å². The van der Waals surface area contributed by atoms with Crippen molar-refractivity contribution in [1.82, 2.24) is 30.2 Å². The Morgan fingerprint density at radius 2 is 2.23 bits per heavy atom. The molecule has 3 rings (SSSR count). The Labute approximate surface area is 127 Å². The van der Waals surface area contributed by atoms with Crippen molar-refractivity contribution in [3.8, 4) is 0 Å². The number of H-pyrrole nitrogens is 1. The smallest absolute Gasteiger partial charge is 0.257 e. The Balaban J connectivity index is 1.89. The van der Waals surface area contributed by atoms with Gasteiger partial charge in [0.05, 0.1) is 35.3 Å². The van der Waals surface area contributed by atoms with E-state index in [1.165, 1.54) is 6.20 Å². The van der Waals surface area contributed by atoms with Gasteiger partial charge in [0.15, 0.2) is 0 Å². The standard InChI is InChI=1S/C14H18N6O2/c1-15-13(21)10-7-16-18-12(10)11-4-3-5-20(11)14(22)9-6-17-19(2)8-9/h6-8,11H,3-5H2,1-2H3,(H,15,21)(H,16,18)/t11-/m0/s1. The van der Waals surface area contributed by atoms with E-state index in [0.717, 1.165) is 12.8 Å². The van der Waals surface area contributed by atoms with E-state index in [9.17, 15) is 9.59 Å². The predicted molar refractivity (Wildman–Crippen MR) is 78.2 cm³/mol. The summed E-state index contributed by atoms with van der Waals surface area (Å²) in [5.74, 6) is -0.280. The second kappa shape index (κ2) is 5.63. The normalized spacial score (nSPS) is 17.7. The molecular weight excluding hydrogens is 284 g/mol. The number of hydrogen-bond acceptors (Lipinski definition) is 4. The lowest BCUT2D eigenvalue weighted by Crippen LogP contribution is -2.32. The third-order valence-corrected chi connectivity index (χ3v) is 3.94. The van der Waals surface area contributed by atoms with Crippen LogP contribution in [-0.4, -0.2) is 50.3 Å². The van der Waals surface area contributed by atoms with Crippen LogP contribution in [0.1, 0.15) is 45.3 Å². The molecule has 2 aromatic heterocycles. The fraction of sp³-hybridized carbons (Fsp3) is 0.429. The summed E-state index contributed by atoms with van der Waals surface area (Å²) in [6.07, 6.45) is 6.45. The van der Waals surface area contributed by atoms with E-state index >= 15 is 0 Å². The molecule has 1 saturated heterocycles. The van der Waals surface area contributed by atoms with Gasteiger partial charge in [-0.05, 0) is 12.8 Å². The number of hydrogen-bond donors (Lipinski definition) is 2. The van der Waals surface area contributed by atoms with Gasteiger partial charge in [0, 0.05) is 26.8 Å². The quantitative estimate of drug-likeness (QED) is 0.862. The summed E-state index contributed by atoms with van der Waals surface area (Å²) in [6, 6.07) is -0.164. The summed E-state index contributed by atoms with van der Waals surface area (Å²) in [4.78, 5) is 26.3. The zero-order chi connectivity index (χ0) is 15.7. The predicted octanol–water partition coefficient (Wildman–Crippen LogP) is 0.480. The monoisotopic (exact) mass is 302 g/mol. The van der Waals surface area contributed by atoms with E-state index in [-0.39, 0.29) is 17.9 Å². The SMILES string of the molecule is CNC(=O)c1cn[nH]c1[C@@H]1CCCN1C(=O)c1cnn(C)c1. The molecule has 116 valence electrons. The van der Waals surface area contributed by atoms with E-state index in [0.29, 0.717) is 23.4 Å². The molecule has 0 aliphatic carbocycles. The highest BCUT2D eigenvalue weighted by atomic mass is 16.2. The Bertz CT molecular complexity index is 704. The molecule has 0 unspecified atom stereocenters. The van der Waals surface area contributed by atoms with Crippen molar-refractivity contribution in [2.24, 2.45) is 7.05 Å². The average Bonchev–Trinajstić information content (AvgIpc) is 3.24. The number of nitrogens with one attached hydrogen (secondary N) is 2. The van der Waals surface area contributed by atoms with E-state index in [1.807, 2.05) is 0 Å². The second-order valence-corrected chi connectivity index (χ2v) is 5.34. The minimum atomic E-state index is -0.204. The highest BCUT2D eigenvalue weighted by Crippen LogP contribution is 2.33. The minimum absolute atomic E-state index is 0.0759. The first-order chi connectivity index (χ1) is 10.6. The fourth-order valence-electron chi connectivity index (χ4n) is 2.87. The summed E-state index contributed by atoms with van der Waals surface area (Å²) in [7, 11) is 3.35. The summed E-state index contributed by atoms with van der Waals surface area (Å²) >= 11 is 0. The number of carbonyl (C=O) groups excluding carboxylic acids is 2. The second-order valence-electron chi connectivity index (χ2n) is 5.34. The fourth-order valence-corrected chi connectivity index (χ4v) is 2.87. The molecule has 0 aromatic carbocycles. The van der Waals surface area contributed by atoms with Crippen LogP contribution >= 0.6 is 0 Å². The number of aromatic amines is 1. The van der Waals surface area contributed by atoms with Crippen LogP contribution in [0.2, 0.25) is 0 Å². The Kier molecular flexibility index (Phi) is 3.66. The topological polar surface area (TPSA) is 95.9 Å². The molecule has 1 atom stereocenters. The van der Waals surface area contributed by atoms with Crippen molar-refractivity contribution < 1.29 is 9.59 Å². The van der Waals surface area contributed by atoms with Crippen LogP contribution in [0.3, 0.4) is 0 Å². The number of rotatable bonds is 3. The molecule has 2 aromatic rings. The van der Waals surface area contributed by atoms with Crippen LogP contribution in [0, 0.1) is 0 Å². The highest BCUT2D eigenvalue weighted by molar-refractivity contribution is 5.96. The van der Waals surface area contributed by atoms with Crippen molar-refractivity contribution in [1.29, 1.82) is 0 Å². The van der Waals surface area contributed by atoms with Gasteiger partial charge in [-0.2, -0.15) is 10.2 Å². The van der Waals surface area contributed by atoms with Gasteiger partial charge >= 0.3 is 0 Å². The van der Waals surface area contributed by atoms with Crippen LogP contribution in [0.5, 0.6) is 0 Å². The molecular formula is C14H18N6O2. The van der Waals surface area contributed by atoms with Gasteiger partial charge in [-0.3, -0.25) is 19.4 Å². The molecule has 2 amide bonds. The number of amides is 2. The van der Waals surface area contributed by atoms with Gasteiger partial charge in [0.2, 0.25) is 0 Å². The van der Waals surface area contributed by atoms with Gasteiger partial charge in [0.25, 0.3) is 11.8 Å². The summed E-state index contributed by atoms with van der Waals surface area (Å²) in [5.41, 5.74) is 1.72. The first kappa shape index (κ1) is 14.3. The molecule has 8 heteroatoms. The lowest BCUT2D eigenvalue weighted by atomic mass is 10.1. The molecule has 2 N–H and O–H groups in total. The maximum Gasteiger partial charge on any atom is 0.257 e. The minimum Gasteiger partial charge on any atom is -0.355 e. The van der Waals surface area contributed by atoms with Crippen molar-refractivity contribution in [2.45, 2.75) is 18.9 Å². The van der Waals surface area contributed by atoms with Gasteiger partial charge in [-0.25, -0.2) is 0 Å². The Morgan fingerprint density at radius 1 is 1.41 bits per heavy atom. The maximum atomic E-state index is 12.7. The lowest BCUT2D eigenvalue weighted by Gasteiger charge is -2.24. The lowest BCUT2D eigenvalue weighted by molar-refractivity contribution is 0.0729. The number of aromatic nitrogens is 4. The van der Waals surface area contributed by atoms with Crippen molar-refractivity contribution in [2.75, 3.05) is 13.6 Å². The van der Waals surface area contributed by atoms with E-state index in [4.69, 9.17) is 0 Å². The van der Waals surface area contributed by atoms with Crippen LogP contribution in [0.25, 0.3) is 0 Å². The van der Waals surface area contributed by atoms with Crippen LogP contribution in [0.15, 0.2) is 18.6 Å². The van der Waals surface area contributed by atoms with Crippen LogP contribution < -0.4 is 5.32 Å². The molecule has 1 aliphatic heterocycles. The van der Waals surface area contributed by atoms with Gasteiger partial charge in [-0.15, -0.1) is 0 Å². The molecule has 3 heterocycles. The average molecular weight is 302 g/mol. The zero-order valence-corrected chi connectivity index (χ0v) is 12.5. The summed E-state index contributed by atoms with van der Waals surface area (Å²) in [5, 5.41) is 13.5. The molecule has 1 aliphatic rings.